The van der Waals surface area contributed by atoms with Crippen LogP contribution in [0.4, 0.5) is 0 Å². The molecule has 0 aromatic rings. The summed E-state index contributed by atoms with van der Waals surface area (Å²) in [6.07, 6.45) is 1.49. The van der Waals surface area contributed by atoms with Gasteiger partial charge in [-0.3, -0.25) is 0 Å². The minimum absolute atomic E-state index is 0.106. The second-order valence-electron chi connectivity index (χ2n) is 1.72. The molecule has 4 nitrogen and oxygen atoms in total. The van der Waals surface area contributed by atoms with E-state index in [1.807, 2.05) is 0 Å². The van der Waals surface area contributed by atoms with Crippen molar-refractivity contribution in [2.75, 3.05) is 20.3 Å². The summed E-state index contributed by atoms with van der Waals surface area (Å²) in [7, 11) is 1.27. The number of ether oxygens (including phenoxy) is 2. The second-order valence-corrected chi connectivity index (χ2v) is 1.72. The molecule has 0 heterocycles. The largest absolute Gasteiger partial charge is 0.484 e. The van der Waals surface area contributed by atoms with Crippen molar-refractivity contribution in [2.24, 2.45) is 0 Å². The number of hydrogen-bond donors (Lipinski definition) is 1. The molecule has 0 spiro atoms. The topological polar surface area (TPSA) is 55.8 Å². The molecular weight excluding hydrogens is 148 g/mol. The van der Waals surface area contributed by atoms with Crippen molar-refractivity contribution >= 4 is 5.97 Å². The van der Waals surface area contributed by atoms with Crippen molar-refractivity contribution in [1.82, 2.24) is 0 Å². The molecule has 11 heavy (non-hydrogen) atoms. The summed E-state index contributed by atoms with van der Waals surface area (Å²) in [6, 6.07) is 0. The van der Waals surface area contributed by atoms with Crippen molar-refractivity contribution in [3.63, 3.8) is 0 Å². The van der Waals surface area contributed by atoms with Gasteiger partial charge in [-0.15, -0.1) is 0 Å². The second kappa shape index (κ2) is 5.73. The van der Waals surface area contributed by atoms with Gasteiger partial charge in [0.15, 0.2) is 5.76 Å². The number of carbonyl (C=O) groups excluding carboxylic acids is 1. The Balaban J connectivity index is 3.87. The highest BCUT2D eigenvalue weighted by Crippen LogP contribution is 1.98. The summed E-state index contributed by atoms with van der Waals surface area (Å²) in [4.78, 5) is 10.8. The van der Waals surface area contributed by atoms with Gasteiger partial charge in [0, 0.05) is 0 Å². The predicted molar refractivity (Wildman–Crippen MR) is 38.8 cm³/mol. The van der Waals surface area contributed by atoms with Crippen molar-refractivity contribution in [2.45, 2.75) is 6.92 Å². The minimum Gasteiger partial charge on any atom is -0.484 e. The van der Waals surface area contributed by atoms with E-state index in [9.17, 15) is 4.79 Å². The Morgan fingerprint density at radius 1 is 1.64 bits per heavy atom. The fraction of sp³-hybridized carbons (Fsp3) is 0.571. The number of allylic oxidation sites excluding steroid dienone is 1. The first-order valence-electron chi connectivity index (χ1n) is 3.24. The molecule has 64 valence electrons. The van der Waals surface area contributed by atoms with Gasteiger partial charge in [0.2, 0.25) is 0 Å². The Hall–Kier alpha value is -1.03. The molecule has 0 aromatic heterocycles. The molecule has 0 bridgehead atoms. The Kier molecular flexibility index (Phi) is 5.20. The molecule has 0 aliphatic carbocycles. The van der Waals surface area contributed by atoms with E-state index in [0.29, 0.717) is 0 Å². The fourth-order valence-electron chi connectivity index (χ4n) is 0.516. The van der Waals surface area contributed by atoms with Gasteiger partial charge in [-0.1, -0.05) is 0 Å². The van der Waals surface area contributed by atoms with E-state index >= 15 is 0 Å². The van der Waals surface area contributed by atoms with Gasteiger partial charge in [0.25, 0.3) is 0 Å². The van der Waals surface area contributed by atoms with E-state index in [2.05, 4.69) is 4.74 Å². The lowest BCUT2D eigenvalue weighted by Gasteiger charge is -2.05. The molecule has 0 amide bonds. The van der Waals surface area contributed by atoms with E-state index in [4.69, 9.17) is 9.84 Å². The lowest BCUT2D eigenvalue weighted by atomic mass is 10.5. The van der Waals surface area contributed by atoms with Crippen molar-refractivity contribution in [1.29, 1.82) is 0 Å². The average molecular weight is 160 g/mol. The lowest BCUT2D eigenvalue weighted by molar-refractivity contribution is -0.140. The number of rotatable bonds is 4. The van der Waals surface area contributed by atoms with Crippen LogP contribution in [0.1, 0.15) is 6.92 Å². The van der Waals surface area contributed by atoms with Gasteiger partial charge in [-0.2, -0.15) is 0 Å². The summed E-state index contributed by atoms with van der Waals surface area (Å²) >= 11 is 0. The molecule has 4 heteroatoms. The van der Waals surface area contributed by atoms with E-state index in [1.165, 1.54) is 13.2 Å². The number of aliphatic hydroxyl groups excluding tert-OH is 1. The average Bonchev–Trinajstić information content (AvgIpc) is 2.05. The van der Waals surface area contributed by atoms with E-state index in [1.54, 1.807) is 6.92 Å². The molecule has 0 radical (unpaired) electrons. The first kappa shape index (κ1) is 9.97. The monoisotopic (exact) mass is 160 g/mol. The summed E-state index contributed by atoms with van der Waals surface area (Å²) in [5.74, 6) is -0.400. The van der Waals surface area contributed by atoms with Crippen LogP contribution in [0, 0.1) is 0 Å². The van der Waals surface area contributed by atoms with Gasteiger partial charge in [0.1, 0.15) is 6.61 Å². The van der Waals surface area contributed by atoms with Gasteiger partial charge in [-0.25, -0.2) is 4.79 Å². The number of aliphatic hydroxyl groups is 1. The molecular formula is C7H12O4. The maximum absolute atomic E-state index is 10.8. The highest BCUT2D eigenvalue weighted by molar-refractivity contribution is 5.85. The third-order valence-corrected chi connectivity index (χ3v) is 0.998. The number of esters is 1. The quantitative estimate of drug-likeness (QED) is 0.359. The van der Waals surface area contributed by atoms with Gasteiger partial charge >= 0.3 is 5.97 Å². The Morgan fingerprint density at radius 2 is 2.27 bits per heavy atom. The van der Waals surface area contributed by atoms with Crippen molar-refractivity contribution in [3.05, 3.63) is 11.8 Å². The molecule has 0 aliphatic heterocycles. The van der Waals surface area contributed by atoms with Crippen LogP contribution in [-0.2, 0) is 14.3 Å². The van der Waals surface area contributed by atoms with E-state index in [0.717, 1.165) is 0 Å². The highest BCUT2D eigenvalue weighted by Gasteiger charge is 2.08. The highest BCUT2D eigenvalue weighted by atomic mass is 16.6. The first-order chi connectivity index (χ1) is 5.26. The van der Waals surface area contributed by atoms with Crippen LogP contribution in [0.2, 0.25) is 0 Å². The number of hydrogen-bond acceptors (Lipinski definition) is 4. The van der Waals surface area contributed by atoms with Crippen LogP contribution in [0.5, 0.6) is 0 Å². The summed E-state index contributed by atoms with van der Waals surface area (Å²) in [5.41, 5.74) is 0. The summed E-state index contributed by atoms with van der Waals surface area (Å²) in [6.45, 7) is 1.65. The molecule has 0 rings (SSSR count). The number of carbonyl (C=O) groups is 1. The maximum Gasteiger partial charge on any atom is 0.372 e. The molecule has 0 unspecified atom stereocenters. The zero-order chi connectivity index (χ0) is 8.69. The van der Waals surface area contributed by atoms with Gasteiger partial charge in [-0.05, 0) is 13.0 Å². The van der Waals surface area contributed by atoms with Gasteiger partial charge < -0.3 is 14.6 Å². The molecule has 0 aliphatic rings. The first-order valence-corrected chi connectivity index (χ1v) is 3.24. The zero-order valence-corrected chi connectivity index (χ0v) is 6.66. The normalized spacial score (nSPS) is 11.0. The van der Waals surface area contributed by atoms with Crippen molar-refractivity contribution in [3.8, 4) is 0 Å². The molecule has 1 N–H and O–H groups in total. The Bertz CT molecular complexity index is 151. The van der Waals surface area contributed by atoms with E-state index in [-0.39, 0.29) is 19.0 Å². The van der Waals surface area contributed by atoms with E-state index < -0.39 is 5.97 Å². The molecule has 0 saturated carbocycles. The smallest absolute Gasteiger partial charge is 0.372 e. The Morgan fingerprint density at radius 3 is 2.64 bits per heavy atom. The van der Waals surface area contributed by atoms with Crippen LogP contribution < -0.4 is 0 Å². The van der Waals surface area contributed by atoms with Crippen LogP contribution in [-0.4, -0.2) is 31.4 Å². The Labute approximate surface area is 65.4 Å². The van der Waals surface area contributed by atoms with Gasteiger partial charge in [0.05, 0.1) is 13.7 Å². The molecule has 0 fully saturated rings. The predicted octanol–water partition coefficient (Wildman–Crippen LogP) is 0.0721. The minimum atomic E-state index is -0.527. The fourth-order valence-corrected chi connectivity index (χ4v) is 0.516. The van der Waals surface area contributed by atoms with Crippen LogP contribution in [0.25, 0.3) is 0 Å². The summed E-state index contributed by atoms with van der Waals surface area (Å²) in [5, 5.41) is 8.36. The standard InChI is InChI=1S/C7H12O4/c1-3-6(7(9)10-2)11-5-4-8/h3,8H,4-5H2,1-2H3. The third-order valence-electron chi connectivity index (χ3n) is 0.998. The van der Waals surface area contributed by atoms with Crippen LogP contribution in [0.3, 0.4) is 0 Å². The maximum atomic E-state index is 10.8. The lowest BCUT2D eigenvalue weighted by Crippen LogP contribution is -2.10. The SMILES string of the molecule is CC=C(OCCO)C(=O)OC. The number of methoxy groups -OCH3 is 1. The summed E-state index contributed by atoms with van der Waals surface area (Å²) < 4.78 is 9.22. The molecule has 0 aromatic carbocycles. The third kappa shape index (κ3) is 3.62. The van der Waals surface area contributed by atoms with Crippen LogP contribution in [0.15, 0.2) is 11.8 Å². The molecule has 0 atom stereocenters. The zero-order valence-electron chi connectivity index (χ0n) is 6.66. The van der Waals surface area contributed by atoms with Crippen molar-refractivity contribution < 1.29 is 19.4 Å². The molecule has 0 saturated heterocycles. The van der Waals surface area contributed by atoms with Crippen LogP contribution >= 0.6 is 0 Å².